The molecular formula is C9H11FN4S. The Hall–Kier alpha value is -1.43. The quantitative estimate of drug-likeness (QED) is 0.780. The van der Waals surface area contributed by atoms with Crippen LogP contribution < -0.4 is 11.5 Å². The molecule has 0 fully saturated rings. The number of aromatic nitrogens is 2. The minimum Gasteiger partial charge on any atom is -0.381 e. The van der Waals surface area contributed by atoms with Gasteiger partial charge in [-0.2, -0.15) is 0 Å². The molecule has 6 heteroatoms. The predicted octanol–water partition coefficient (Wildman–Crippen LogP) is 2.12. The summed E-state index contributed by atoms with van der Waals surface area (Å²) in [6.45, 7) is 3.91. The monoisotopic (exact) mass is 226 g/mol. The Morgan fingerprint density at radius 1 is 1.27 bits per heavy atom. The molecule has 0 aliphatic carbocycles. The zero-order valence-electron chi connectivity index (χ0n) is 8.41. The van der Waals surface area contributed by atoms with Crippen LogP contribution in [0.5, 0.6) is 0 Å². The number of thiazole rings is 1. The van der Waals surface area contributed by atoms with Crippen molar-refractivity contribution in [3.05, 3.63) is 11.5 Å². The molecule has 0 aliphatic heterocycles. The van der Waals surface area contributed by atoms with Gasteiger partial charge in [-0.15, -0.1) is 0 Å². The van der Waals surface area contributed by atoms with E-state index in [0.29, 0.717) is 21.0 Å². The van der Waals surface area contributed by atoms with Crippen molar-refractivity contribution >= 4 is 32.5 Å². The van der Waals surface area contributed by atoms with Gasteiger partial charge in [0.15, 0.2) is 16.8 Å². The Balaban J connectivity index is 2.87. The summed E-state index contributed by atoms with van der Waals surface area (Å²) in [5.74, 6) is -0.477. The van der Waals surface area contributed by atoms with Crippen LogP contribution in [0.4, 0.5) is 15.3 Å². The maximum Gasteiger partial charge on any atom is 0.184 e. The van der Waals surface area contributed by atoms with Crippen LogP contribution in [0.2, 0.25) is 0 Å². The van der Waals surface area contributed by atoms with E-state index in [0.717, 1.165) is 11.3 Å². The Kier molecular flexibility index (Phi) is 2.22. The summed E-state index contributed by atoms with van der Waals surface area (Å²) in [7, 11) is 0. The number of rotatable bonds is 1. The van der Waals surface area contributed by atoms with Crippen molar-refractivity contribution in [3.63, 3.8) is 0 Å². The van der Waals surface area contributed by atoms with Crippen LogP contribution in [0.15, 0.2) is 0 Å². The van der Waals surface area contributed by atoms with E-state index in [-0.39, 0.29) is 11.7 Å². The summed E-state index contributed by atoms with van der Waals surface area (Å²) in [5.41, 5.74) is 12.3. The molecule has 0 saturated heterocycles. The van der Waals surface area contributed by atoms with Crippen molar-refractivity contribution in [3.8, 4) is 0 Å². The van der Waals surface area contributed by atoms with E-state index in [1.165, 1.54) is 0 Å². The van der Waals surface area contributed by atoms with Crippen LogP contribution in [-0.4, -0.2) is 9.97 Å². The number of fused-ring (bicyclic) bond motifs is 1. The lowest BCUT2D eigenvalue weighted by molar-refractivity contribution is 0.638. The van der Waals surface area contributed by atoms with Gasteiger partial charge in [-0.25, -0.2) is 14.4 Å². The second-order valence-corrected chi connectivity index (χ2v) is 4.61. The molecule has 2 aromatic heterocycles. The largest absolute Gasteiger partial charge is 0.381 e. The number of hydrogen-bond acceptors (Lipinski definition) is 5. The summed E-state index contributed by atoms with van der Waals surface area (Å²) in [4.78, 5) is 8.08. The van der Waals surface area contributed by atoms with Crippen LogP contribution in [0.25, 0.3) is 10.2 Å². The van der Waals surface area contributed by atoms with E-state index in [4.69, 9.17) is 11.5 Å². The van der Waals surface area contributed by atoms with Crippen LogP contribution in [0.1, 0.15) is 25.5 Å². The Morgan fingerprint density at radius 3 is 2.53 bits per heavy atom. The summed E-state index contributed by atoms with van der Waals surface area (Å²) >= 11 is 1.10. The molecule has 2 aromatic rings. The normalized spacial score (nSPS) is 11.5. The summed E-state index contributed by atoms with van der Waals surface area (Å²) < 4.78 is 14.0. The first-order valence-electron chi connectivity index (χ1n) is 4.51. The zero-order chi connectivity index (χ0) is 11.2. The topological polar surface area (TPSA) is 77.8 Å². The fourth-order valence-corrected chi connectivity index (χ4v) is 2.20. The standard InChI is InChI=1S/C9H11FN4S/c1-3(2)5-6-7(15-9(12)14-6)4(10)8(11)13-5/h3H,1-2H3,(H2,11,13)(H2,12,14). The van der Waals surface area contributed by atoms with Crippen LogP contribution in [0, 0.1) is 5.82 Å². The van der Waals surface area contributed by atoms with Crippen LogP contribution in [-0.2, 0) is 0 Å². The van der Waals surface area contributed by atoms with Gasteiger partial charge in [0.1, 0.15) is 5.52 Å². The number of hydrogen-bond donors (Lipinski definition) is 2. The lowest BCUT2D eigenvalue weighted by Crippen LogP contribution is -2.02. The average Bonchev–Trinajstić information content (AvgIpc) is 2.53. The van der Waals surface area contributed by atoms with Crippen molar-refractivity contribution in [1.29, 1.82) is 0 Å². The Morgan fingerprint density at radius 2 is 1.93 bits per heavy atom. The van der Waals surface area contributed by atoms with Gasteiger partial charge in [-0.1, -0.05) is 25.2 Å². The Labute approximate surface area is 90.1 Å². The van der Waals surface area contributed by atoms with E-state index < -0.39 is 5.82 Å². The zero-order valence-corrected chi connectivity index (χ0v) is 9.23. The van der Waals surface area contributed by atoms with Crippen molar-refractivity contribution in [2.75, 3.05) is 11.5 Å². The van der Waals surface area contributed by atoms with E-state index in [9.17, 15) is 4.39 Å². The minimum atomic E-state index is -0.524. The van der Waals surface area contributed by atoms with Crippen molar-refractivity contribution < 1.29 is 4.39 Å². The minimum absolute atomic E-state index is 0.0881. The second kappa shape index (κ2) is 3.30. The Bertz CT molecular complexity index is 520. The first-order valence-corrected chi connectivity index (χ1v) is 5.33. The molecule has 2 rings (SSSR count). The smallest absolute Gasteiger partial charge is 0.184 e. The highest BCUT2D eigenvalue weighted by molar-refractivity contribution is 7.22. The van der Waals surface area contributed by atoms with E-state index in [1.54, 1.807) is 0 Å². The molecule has 0 bridgehead atoms. The average molecular weight is 226 g/mol. The highest BCUT2D eigenvalue weighted by Gasteiger charge is 2.17. The van der Waals surface area contributed by atoms with E-state index in [2.05, 4.69) is 9.97 Å². The first-order chi connectivity index (χ1) is 7.00. The highest BCUT2D eigenvalue weighted by Crippen LogP contribution is 2.33. The molecule has 2 heterocycles. The number of halogens is 1. The van der Waals surface area contributed by atoms with Crippen LogP contribution in [0.3, 0.4) is 0 Å². The molecule has 4 nitrogen and oxygen atoms in total. The van der Waals surface area contributed by atoms with E-state index in [1.807, 2.05) is 13.8 Å². The van der Waals surface area contributed by atoms with Gasteiger partial charge in [0.2, 0.25) is 0 Å². The molecule has 80 valence electrons. The van der Waals surface area contributed by atoms with Crippen molar-refractivity contribution in [2.24, 2.45) is 0 Å². The van der Waals surface area contributed by atoms with Gasteiger partial charge in [0.25, 0.3) is 0 Å². The van der Waals surface area contributed by atoms with Gasteiger partial charge in [0, 0.05) is 0 Å². The van der Waals surface area contributed by atoms with Gasteiger partial charge in [-0.3, -0.25) is 0 Å². The lowest BCUT2D eigenvalue weighted by Gasteiger charge is -2.06. The molecule has 4 N–H and O–H groups in total. The maximum atomic E-state index is 13.6. The number of nitrogens with two attached hydrogens (primary N) is 2. The number of pyridine rings is 1. The molecule has 0 saturated carbocycles. The summed E-state index contributed by atoms with van der Waals surface area (Å²) in [5, 5.41) is 0.332. The molecule has 0 aliphatic rings. The fraction of sp³-hybridized carbons (Fsp3) is 0.333. The molecule has 0 atom stereocenters. The lowest BCUT2D eigenvalue weighted by atomic mass is 10.1. The van der Waals surface area contributed by atoms with Crippen molar-refractivity contribution in [2.45, 2.75) is 19.8 Å². The molecule has 0 unspecified atom stereocenters. The molecule has 0 radical (unpaired) electrons. The molecule has 0 amide bonds. The molecule has 0 spiro atoms. The number of nitrogen functional groups attached to an aromatic ring is 2. The third kappa shape index (κ3) is 1.50. The summed E-state index contributed by atoms with van der Waals surface area (Å²) in [6, 6.07) is 0. The predicted molar refractivity (Wildman–Crippen MR) is 60.3 cm³/mol. The van der Waals surface area contributed by atoms with E-state index >= 15 is 0 Å². The molecule has 0 aromatic carbocycles. The van der Waals surface area contributed by atoms with Gasteiger partial charge >= 0.3 is 0 Å². The van der Waals surface area contributed by atoms with Crippen LogP contribution >= 0.6 is 11.3 Å². The number of nitrogens with zero attached hydrogens (tertiary/aromatic N) is 2. The number of anilines is 2. The SMILES string of the molecule is CC(C)c1nc(N)c(F)c2sc(N)nc12. The molecule has 15 heavy (non-hydrogen) atoms. The maximum absolute atomic E-state index is 13.6. The first kappa shape index (κ1) is 10.1. The summed E-state index contributed by atoms with van der Waals surface area (Å²) in [6.07, 6.45) is 0. The molecular weight excluding hydrogens is 215 g/mol. The van der Waals surface area contributed by atoms with Gasteiger partial charge < -0.3 is 11.5 Å². The van der Waals surface area contributed by atoms with Gasteiger partial charge in [-0.05, 0) is 5.92 Å². The fourth-order valence-electron chi connectivity index (χ4n) is 1.41. The second-order valence-electron chi connectivity index (χ2n) is 3.58. The van der Waals surface area contributed by atoms with Gasteiger partial charge in [0.05, 0.1) is 10.4 Å². The third-order valence-corrected chi connectivity index (χ3v) is 2.98. The third-order valence-electron chi connectivity index (χ3n) is 2.10. The highest BCUT2D eigenvalue weighted by atomic mass is 32.1. The van der Waals surface area contributed by atoms with Crippen molar-refractivity contribution in [1.82, 2.24) is 9.97 Å².